The molecule has 0 atom stereocenters. The van der Waals surface area contributed by atoms with Gasteiger partial charge in [-0.3, -0.25) is 4.79 Å². The second-order valence-electron chi connectivity index (χ2n) is 4.61. The quantitative estimate of drug-likeness (QED) is 0.741. The lowest BCUT2D eigenvalue weighted by atomic mass is 9.56. The molecule has 2 bridgehead atoms. The van der Waals surface area contributed by atoms with Crippen LogP contribution in [0.2, 0.25) is 0 Å². The van der Waals surface area contributed by atoms with Crippen molar-refractivity contribution in [2.24, 2.45) is 5.92 Å². The van der Waals surface area contributed by atoms with Crippen molar-refractivity contribution < 1.29 is 9.18 Å². The van der Waals surface area contributed by atoms with Crippen LogP contribution in [-0.2, 0) is 10.2 Å². The molecule has 3 fully saturated rings. The van der Waals surface area contributed by atoms with Crippen molar-refractivity contribution in [1.29, 1.82) is 0 Å². The minimum Gasteiger partial charge on any atom is -0.355 e. The summed E-state index contributed by atoms with van der Waals surface area (Å²) >= 11 is 0. The van der Waals surface area contributed by atoms with Crippen molar-refractivity contribution in [3.8, 4) is 0 Å². The van der Waals surface area contributed by atoms with Crippen molar-refractivity contribution in [3.63, 3.8) is 0 Å². The van der Waals surface area contributed by atoms with E-state index in [0.29, 0.717) is 6.54 Å². The van der Waals surface area contributed by atoms with E-state index < -0.39 is 0 Å². The van der Waals surface area contributed by atoms with Crippen LogP contribution in [0.3, 0.4) is 0 Å². The highest BCUT2D eigenvalue weighted by molar-refractivity contribution is 5.82. The van der Waals surface area contributed by atoms with Crippen LogP contribution in [0, 0.1) is 11.7 Å². The monoisotopic (exact) mass is 205 g/mol. The van der Waals surface area contributed by atoms with Crippen LogP contribution in [-0.4, -0.2) is 12.5 Å². The molecule has 2 nitrogen and oxygen atoms in total. The second kappa shape index (κ2) is 2.81. The van der Waals surface area contributed by atoms with E-state index in [2.05, 4.69) is 5.32 Å². The molecule has 1 aromatic rings. The number of amides is 1. The van der Waals surface area contributed by atoms with Gasteiger partial charge in [-0.25, -0.2) is 4.39 Å². The number of hydrogen-bond acceptors (Lipinski definition) is 1. The van der Waals surface area contributed by atoms with Crippen LogP contribution in [0.5, 0.6) is 0 Å². The van der Waals surface area contributed by atoms with Crippen molar-refractivity contribution in [2.45, 2.75) is 18.3 Å². The molecule has 2 heterocycles. The molecule has 2 aliphatic heterocycles. The summed E-state index contributed by atoms with van der Waals surface area (Å²) < 4.78 is 13.1. The SMILES string of the molecule is O=C1NCC2(c3cccc(F)c3)CC1C2. The lowest BCUT2D eigenvalue weighted by Gasteiger charge is -2.52. The van der Waals surface area contributed by atoms with Crippen molar-refractivity contribution >= 4 is 5.91 Å². The molecule has 2 saturated heterocycles. The van der Waals surface area contributed by atoms with Crippen LogP contribution < -0.4 is 5.32 Å². The molecular weight excluding hydrogens is 193 g/mol. The molecule has 1 N–H and O–H groups in total. The van der Waals surface area contributed by atoms with Gasteiger partial charge in [0.25, 0.3) is 0 Å². The van der Waals surface area contributed by atoms with E-state index in [-0.39, 0.29) is 23.1 Å². The van der Waals surface area contributed by atoms with Crippen LogP contribution in [0.15, 0.2) is 24.3 Å². The molecule has 0 unspecified atom stereocenters. The van der Waals surface area contributed by atoms with Crippen molar-refractivity contribution in [3.05, 3.63) is 35.6 Å². The van der Waals surface area contributed by atoms with E-state index in [1.165, 1.54) is 6.07 Å². The van der Waals surface area contributed by atoms with Gasteiger partial charge in [-0.15, -0.1) is 0 Å². The third kappa shape index (κ3) is 1.19. The van der Waals surface area contributed by atoms with E-state index >= 15 is 0 Å². The van der Waals surface area contributed by atoms with Gasteiger partial charge < -0.3 is 5.32 Å². The summed E-state index contributed by atoms with van der Waals surface area (Å²) in [4.78, 5) is 11.3. The van der Waals surface area contributed by atoms with Gasteiger partial charge in [0.15, 0.2) is 0 Å². The zero-order valence-corrected chi connectivity index (χ0v) is 8.29. The van der Waals surface area contributed by atoms with Gasteiger partial charge in [-0.2, -0.15) is 0 Å². The number of fused-ring (bicyclic) bond motifs is 2. The van der Waals surface area contributed by atoms with E-state index in [1.807, 2.05) is 6.07 Å². The van der Waals surface area contributed by atoms with E-state index in [9.17, 15) is 9.18 Å². The maximum Gasteiger partial charge on any atom is 0.223 e. The summed E-state index contributed by atoms with van der Waals surface area (Å²) in [7, 11) is 0. The maximum atomic E-state index is 13.1. The van der Waals surface area contributed by atoms with E-state index in [1.54, 1.807) is 12.1 Å². The summed E-state index contributed by atoms with van der Waals surface area (Å²) in [5, 5.41) is 2.88. The predicted octanol–water partition coefficient (Wildman–Crippen LogP) is 1.60. The van der Waals surface area contributed by atoms with Crippen molar-refractivity contribution in [1.82, 2.24) is 5.32 Å². The Balaban J connectivity index is 1.93. The number of rotatable bonds is 1. The Kier molecular flexibility index (Phi) is 1.67. The highest BCUT2D eigenvalue weighted by atomic mass is 19.1. The summed E-state index contributed by atoms with van der Waals surface area (Å²) in [5.41, 5.74) is 1.04. The maximum absolute atomic E-state index is 13.1. The Morgan fingerprint density at radius 3 is 2.80 bits per heavy atom. The standard InChI is InChI=1S/C12H12FNO/c13-10-3-1-2-9(4-10)12-5-8(6-12)11(15)14-7-12/h1-4,8H,5-7H2,(H,14,15). The first-order valence-corrected chi connectivity index (χ1v) is 5.23. The zero-order valence-electron chi connectivity index (χ0n) is 8.29. The van der Waals surface area contributed by atoms with Gasteiger partial charge in [0.1, 0.15) is 5.82 Å². The largest absolute Gasteiger partial charge is 0.355 e. The fraction of sp³-hybridized carbons (Fsp3) is 0.417. The highest BCUT2D eigenvalue weighted by Crippen LogP contribution is 2.50. The molecule has 0 aromatic heterocycles. The minimum atomic E-state index is -0.192. The molecular formula is C12H12FNO. The van der Waals surface area contributed by atoms with Gasteiger partial charge >= 0.3 is 0 Å². The highest BCUT2D eigenvalue weighted by Gasteiger charge is 2.52. The lowest BCUT2D eigenvalue weighted by molar-refractivity contribution is -0.135. The molecule has 1 aliphatic carbocycles. The molecule has 3 heteroatoms. The molecule has 78 valence electrons. The molecule has 0 radical (unpaired) electrons. The minimum absolute atomic E-state index is 0.0146. The molecule has 15 heavy (non-hydrogen) atoms. The van der Waals surface area contributed by atoms with Gasteiger partial charge in [0, 0.05) is 17.9 Å². The Labute approximate surface area is 87.5 Å². The molecule has 0 spiro atoms. The Hall–Kier alpha value is -1.38. The molecule has 3 aliphatic rings. The zero-order chi connectivity index (χ0) is 10.5. The van der Waals surface area contributed by atoms with Crippen LogP contribution in [0.1, 0.15) is 18.4 Å². The topological polar surface area (TPSA) is 29.1 Å². The first-order chi connectivity index (χ1) is 7.20. The average molecular weight is 205 g/mol. The third-order valence-corrected chi connectivity index (χ3v) is 3.68. The molecule has 1 amide bonds. The van der Waals surface area contributed by atoms with Crippen LogP contribution in [0.4, 0.5) is 4.39 Å². The molecule has 1 aromatic carbocycles. The fourth-order valence-electron chi connectivity index (χ4n) is 2.77. The third-order valence-electron chi connectivity index (χ3n) is 3.68. The first kappa shape index (κ1) is 8.89. The number of nitrogens with one attached hydrogen (secondary N) is 1. The normalized spacial score (nSPS) is 33.1. The van der Waals surface area contributed by atoms with E-state index in [4.69, 9.17) is 0 Å². The number of hydrogen-bond donors (Lipinski definition) is 1. The van der Waals surface area contributed by atoms with Crippen molar-refractivity contribution in [2.75, 3.05) is 6.54 Å². The molecule has 1 saturated carbocycles. The van der Waals surface area contributed by atoms with Gasteiger partial charge in [-0.05, 0) is 30.5 Å². The summed E-state index contributed by atoms with van der Waals surface area (Å²) in [6.45, 7) is 0.659. The van der Waals surface area contributed by atoms with Crippen LogP contribution >= 0.6 is 0 Å². The summed E-state index contributed by atoms with van der Waals surface area (Å²) in [6.07, 6.45) is 1.75. The Morgan fingerprint density at radius 1 is 1.40 bits per heavy atom. The molecule has 4 rings (SSSR count). The predicted molar refractivity (Wildman–Crippen MR) is 53.8 cm³/mol. The fourth-order valence-corrected chi connectivity index (χ4v) is 2.77. The number of carbonyl (C=O) groups is 1. The Morgan fingerprint density at radius 2 is 2.20 bits per heavy atom. The van der Waals surface area contributed by atoms with Gasteiger partial charge in [-0.1, -0.05) is 12.1 Å². The first-order valence-electron chi connectivity index (χ1n) is 5.23. The van der Waals surface area contributed by atoms with Gasteiger partial charge in [0.05, 0.1) is 0 Å². The summed E-state index contributed by atoms with van der Waals surface area (Å²) in [5.74, 6) is 0.123. The number of benzene rings is 1. The smallest absolute Gasteiger partial charge is 0.223 e. The van der Waals surface area contributed by atoms with Gasteiger partial charge in [0.2, 0.25) is 5.91 Å². The average Bonchev–Trinajstić information content (AvgIpc) is 2.16. The second-order valence-corrected chi connectivity index (χ2v) is 4.61. The van der Waals surface area contributed by atoms with E-state index in [0.717, 1.165) is 18.4 Å². The number of halogens is 1. The summed E-state index contributed by atoms with van der Waals surface area (Å²) in [6, 6.07) is 6.74. The lowest BCUT2D eigenvalue weighted by Crippen LogP contribution is -2.60. The number of carbonyl (C=O) groups excluding carboxylic acids is 1. The number of piperidine rings is 2. The Bertz CT molecular complexity index is 418. The van der Waals surface area contributed by atoms with Crippen LogP contribution in [0.25, 0.3) is 0 Å².